The Morgan fingerprint density at radius 2 is 2.19 bits per heavy atom. The number of ether oxygens (including phenoxy) is 1. The van der Waals surface area contributed by atoms with Gasteiger partial charge in [-0.3, -0.25) is 9.69 Å². The van der Waals surface area contributed by atoms with E-state index in [9.17, 15) is 15.0 Å². The predicted octanol–water partition coefficient (Wildman–Crippen LogP) is 2.48. The number of nitrogens with zero attached hydrogens (tertiary/aromatic N) is 1. The van der Waals surface area contributed by atoms with Gasteiger partial charge >= 0.3 is 5.97 Å². The number of rotatable bonds is 6. The van der Waals surface area contributed by atoms with Crippen molar-refractivity contribution in [2.24, 2.45) is 5.41 Å². The van der Waals surface area contributed by atoms with Crippen molar-refractivity contribution >= 4 is 5.97 Å². The van der Waals surface area contributed by atoms with Crippen LogP contribution in [0, 0.1) is 5.41 Å². The van der Waals surface area contributed by atoms with E-state index in [1.54, 1.807) is 6.07 Å². The zero-order valence-electron chi connectivity index (χ0n) is 12.6. The number of phenolic OH excluding ortho intramolecular Hbond substituents is 1. The van der Waals surface area contributed by atoms with Crippen LogP contribution < -0.4 is 4.74 Å². The summed E-state index contributed by atoms with van der Waals surface area (Å²) in [5.74, 6) is -0.0855. The van der Waals surface area contributed by atoms with Crippen LogP contribution in [-0.4, -0.2) is 40.8 Å². The Bertz CT molecular complexity index is 517. The van der Waals surface area contributed by atoms with Gasteiger partial charge in [0.1, 0.15) is 0 Å². The van der Waals surface area contributed by atoms with Crippen molar-refractivity contribution < 1.29 is 19.7 Å². The van der Waals surface area contributed by atoms with E-state index in [2.05, 4.69) is 4.90 Å². The van der Waals surface area contributed by atoms with Gasteiger partial charge in [0.05, 0.1) is 12.0 Å². The quantitative estimate of drug-likeness (QED) is 0.843. The van der Waals surface area contributed by atoms with E-state index in [-0.39, 0.29) is 5.75 Å². The summed E-state index contributed by atoms with van der Waals surface area (Å²) < 4.78 is 5.38. The third kappa shape index (κ3) is 3.13. The SMILES string of the molecule is CCOc1cccc(CN2CCC(CC)(C(=O)O)C2)c1O. The van der Waals surface area contributed by atoms with Gasteiger partial charge in [-0.15, -0.1) is 0 Å². The Morgan fingerprint density at radius 1 is 1.43 bits per heavy atom. The Morgan fingerprint density at radius 3 is 2.76 bits per heavy atom. The minimum atomic E-state index is -0.722. The molecule has 5 heteroatoms. The number of aromatic hydroxyl groups is 1. The van der Waals surface area contributed by atoms with E-state index < -0.39 is 11.4 Å². The summed E-state index contributed by atoms with van der Waals surface area (Å²) in [6, 6.07) is 5.44. The molecule has 1 heterocycles. The number of hydrogen-bond donors (Lipinski definition) is 2. The van der Waals surface area contributed by atoms with E-state index in [4.69, 9.17) is 4.74 Å². The van der Waals surface area contributed by atoms with Gasteiger partial charge in [0.25, 0.3) is 0 Å². The highest BCUT2D eigenvalue weighted by Crippen LogP contribution is 2.37. The Balaban J connectivity index is 2.10. The molecule has 1 atom stereocenters. The zero-order valence-corrected chi connectivity index (χ0v) is 12.6. The second-order valence-electron chi connectivity index (χ2n) is 5.60. The van der Waals surface area contributed by atoms with Crippen molar-refractivity contribution in [3.05, 3.63) is 23.8 Å². The first kappa shape index (κ1) is 15.6. The third-order valence-corrected chi connectivity index (χ3v) is 4.34. The molecule has 0 spiro atoms. The molecular weight excluding hydrogens is 270 g/mol. The van der Waals surface area contributed by atoms with Crippen LogP contribution in [0.15, 0.2) is 18.2 Å². The number of carboxylic acids is 1. The van der Waals surface area contributed by atoms with Gasteiger partial charge in [-0.2, -0.15) is 0 Å². The van der Waals surface area contributed by atoms with Crippen LogP contribution in [0.1, 0.15) is 32.3 Å². The molecule has 1 saturated heterocycles. The first-order chi connectivity index (χ1) is 10.0. The minimum Gasteiger partial charge on any atom is -0.504 e. The summed E-state index contributed by atoms with van der Waals surface area (Å²) in [6.07, 6.45) is 1.29. The van der Waals surface area contributed by atoms with Crippen LogP contribution >= 0.6 is 0 Å². The van der Waals surface area contributed by atoms with Crippen LogP contribution in [0.3, 0.4) is 0 Å². The highest BCUT2D eigenvalue weighted by molar-refractivity contribution is 5.75. The molecule has 1 unspecified atom stereocenters. The molecule has 0 amide bonds. The van der Waals surface area contributed by atoms with Gasteiger partial charge in [0, 0.05) is 18.7 Å². The van der Waals surface area contributed by atoms with E-state index in [0.29, 0.717) is 38.3 Å². The molecule has 2 rings (SSSR count). The molecule has 1 fully saturated rings. The van der Waals surface area contributed by atoms with Crippen molar-refractivity contribution in [1.29, 1.82) is 0 Å². The third-order valence-electron chi connectivity index (χ3n) is 4.34. The predicted molar refractivity (Wildman–Crippen MR) is 79.5 cm³/mol. The molecule has 116 valence electrons. The number of aliphatic carboxylic acids is 1. The van der Waals surface area contributed by atoms with Crippen LogP contribution in [-0.2, 0) is 11.3 Å². The number of carbonyl (C=O) groups is 1. The molecule has 1 aromatic carbocycles. The summed E-state index contributed by atoms with van der Waals surface area (Å²) in [4.78, 5) is 13.5. The smallest absolute Gasteiger partial charge is 0.310 e. The number of carboxylic acid groups (broad SMARTS) is 1. The number of likely N-dealkylation sites (tertiary alicyclic amines) is 1. The summed E-state index contributed by atoms with van der Waals surface area (Å²) in [6.45, 7) is 6.09. The average Bonchev–Trinajstić information content (AvgIpc) is 2.88. The summed E-state index contributed by atoms with van der Waals surface area (Å²) in [7, 11) is 0. The molecule has 1 aromatic rings. The molecule has 0 radical (unpaired) electrons. The molecule has 0 aliphatic carbocycles. The first-order valence-corrected chi connectivity index (χ1v) is 7.42. The van der Waals surface area contributed by atoms with Crippen molar-refractivity contribution in [2.45, 2.75) is 33.2 Å². The Hall–Kier alpha value is -1.75. The molecule has 21 heavy (non-hydrogen) atoms. The van der Waals surface area contributed by atoms with Gasteiger partial charge < -0.3 is 14.9 Å². The fraction of sp³-hybridized carbons (Fsp3) is 0.562. The second-order valence-corrected chi connectivity index (χ2v) is 5.60. The standard InChI is InChI=1S/C16H23NO4/c1-3-16(15(19)20)8-9-17(11-16)10-12-6-5-7-13(14(12)18)21-4-2/h5-7,18H,3-4,8-11H2,1-2H3,(H,19,20). The number of para-hydroxylation sites is 1. The normalized spacial score (nSPS) is 22.4. The lowest BCUT2D eigenvalue weighted by molar-refractivity contribution is -0.148. The lowest BCUT2D eigenvalue weighted by atomic mass is 9.84. The monoisotopic (exact) mass is 293 g/mol. The average molecular weight is 293 g/mol. The number of hydrogen-bond acceptors (Lipinski definition) is 4. The summed E-state index contributed by atoms with van der Waals surface area (Å²) in [5.41, 5.74) is 0.130. The maximum atomic E-state index is 11.5. The molecule has 1 aliphatic heterocycles. The lowest BCUT2D eigenvalue weighted by Gasteiger charge is -2.23. The van der Waals surface area contributed by atoms with E-state index in [1.165, 1.54) is 0 Å². The summed E-state index contributed by atoms with van der Waals surface area (Å²) >= 11 is 0. The lowest BCUT2D eigenvalue weighted by Crippen LogP contribution is -2.33. The zero-order chi connectivity index (χ0) is 15.5. The molecular formula is C16H23NO4. The van der Waals surface area contributed by atoms with Gasteiger partial charge in [-0.25, -0.2) is 0 Å². The fourth-order valence-electron chi connectivity index (χ4n) is 2.92. The Kier molecular flexibility index (Phi) is 4.73. The summed E-state index contributed by atoms with van der Waals surface area (Å²) in [5, 5.41) is 19.6. The van der Waals surface area contributed by atoms with Crippen LogP contribution in [0.2, 0.25) is 0 Å². The molecule has 0 aromatic heterocycles. The van der Waals surface area contributed by atoms with Gasteiger partial charge in [-0.05, 0) is 32.4 Å². The highest BCUT2D eigenvalue weighted by atomic mass is 16.5. The molecule has 0 saturated carbocycles. The number of phenols is 1. The van der Waals surface area contributed by atoms with Crippen molar-refractivity contribution in [3.8, 4) is 11.5 Å². The topological polar surface area (TPSA) is 70.0 Å². The van der Waals surface area contributed by atoms with Gasteiger partial charge in [-0.1, -0.05) is 19.1 Å². The maximum Gasteiger partial charge on any atom is 0.310 e. The fourth-order valence-corrected chi connectivity index (χ4v) is 2.92. The van der Waals surface area contributed by atoms with Gasteiger partial charge in [0.15, 0.2) is 11.5 Å². The molecule has 5 nitrogen and oxygen atoms in total. The maximum absolute atomic E-state index is 11.5. The number of benzene rings is 1. The molecule has 1 aliphatic rings. The first-order valence-electron chi connectivity index (χ1n) is 7.42. The van der Waals surface area contributed by atoms with Crippen LogP contribution in [0.4, 0.5) is 0 Å². The largest absolute Gasteiger partial charge is 0.504 e. The van der Waals surface area contributed by atoms with Crippen LogP contribution in [0.25, 0.3) is 0 Å². The van der Waals surface area contributed by atoms with Crippen molar-refractivity contribution in [2.75, 3.05) is 19.7 Å². The van der Waals surface area contributed by atoms with E-state index >= 15 is 0 Å². The minimum absolute atomic E-state index is 0.156. The van der Waals surface area contributed by atoms with E-state index in [0.717, 1.165) is 12.1 Å². The van der Waals surface area contributed by atoms with E-state index in [1.807, 2.05) is 26.0 Å². The molecule has 0 bridgehead atoms. The second kappa shape index (κ2) is 6.35. The Labute approximate surface area is 125 Å². The van der Waals surface area contributed by atoms with Crippen molar-refractivity contribution in [1.82, 2.24) is 4.90 Å². The van der Waals surface area contributed by atoms with Gasteiger partial charge in [0.2, 0.25) is 0 Å². The molecule has 2 N–H and O–H groups in total. The highest BCUT2D eigenvalue weighted by Gasteiger charge is 2.43. The van der Waals surface area contributed by atoms with Crippen molar-refractivity contribution in [3.63, 3.8) is 0 Å². The van der Waals surface area contributed by atoms with Crippen LogP contribution in [0.5, 0.6) is 11.5 Å².